The van der Waals surface area contributed by atoms with Gasteiger partial charge in [0.1, 0.15) is 6.10 Å². The van der Waals surface area contributed by atoms with Gasteiger partial charge in [-0.05, 0) is 57.4 Å². The fraction of sp³-hybridized carbons (Fsp3) is 0.474. The van der Waals surface area contributed by atoms with Crippen LogP contribution in [-0.4, -0.2) is 34.4 Å². The fourth-order valence-electron chi connectivity index (χ4n) is 3.26. The molecule has 3 atom stereocenters. The zero-order chi connectivity index (χ0) is 18.0. The number of nitrogens with zero attached hydrogens (tertiary/aromatic N) is 2. The number of benzene rings is 1. The Bertz CT molecular complexity index is 738. The van der Waals surface area contributed by atoms with Gasteiger partial charge in [-0.25, -0.2) is 4.68 Å². The van der Waals surface area contributed by atoms with E-state index < -0.39 is 0 Å². The number of aryl methyl sites for hydroxylation is 2. The summed E-state index contributed by atoms with van der Waals surface area (Å²) >= 11 is 0. The molecule has 3 rings (SSSR count). The minimum atomic E-state index is -0.384. The molecule has 1 aliphatic heterocycles. The first-order valence-electron chi connectivity index (χ1n) is 8.77. The molecule has 25 heavy (non-hydrogen) atoms. The van der Waals surface area contributed by atoms with E-state index in [1.807, 2.05) is 55.8 Å². The molecular formula is C19H26N4O2. The molecule has 0 aliphatic carbocycles. The first kappa shape index (κ1) is 17.6. The number of hydrogen-bond acceptors (Lipinski definition) is 4. The van der Waals surface area contributed by atoms with Crippen molar-refractivity contribution in [3.63, 3.8) is 0 Å². The molecule has 1 fully saturated rings. The summed E-state index contributed by atoms with van der Waals surface area (Å²) in [6.45, 7) is 6.46. The molecule has 1 saturated heterocycles. The minimum absolute atomic E-state index is 0.00565. The van der Waals surface area contributed by atoms with Gasteiger partial charge in [-0.15, -0.1) is 0 Å². The Balaban J connectivity index is 1.64. The fourth-order valence-corrected chi connectivity index (χ4v) is 3.26. The minimum Gasteiger partial charge on any atom is -0.364 e. The second-order valence-corrected chi connectivity index (χ2v) is 6.72. The van der Waals surface area contributed by atoms with Gasteiger partial charge in [0, 0.05) is 12.2 Å². The van der Waals surface area contributed by atoms with Crippen LogP contribution in [0.1, 0.15) is 42.8 Å². The standard InChI is InChI=1S/C19H26N4O2/c1-12-10-13(2)23(22-12)16-6-4-15(5-7-16)14(3)21-19(24)18-9-8-17(11-20)25-18/h4-7,10,14,17-18H,8-9,11,20H2,1-3H3,(H,21,24)/t14?,17-,18+/m1/s1. The van der Waals surface area contributed by atoms with Crippen LogP contribution in [0, 0.1) is 13.8 Å². The number of carbonyl (C=O) groups excluding carboxylic acids is 1. The number of nitrogens with two attached hydrogens (primary N) is 1. The van der Waals surface area contributed by atoms with Crippen LogP contribution in [0.15, 0.2) is 30.3 Å². The van der Waals surface area contributed by atoms with E-state index >= 15 is 0 Å². The maximum absolute atomic E-state index is 12.3. The van der Waals surface area contributed by atoms with Crippen LogP contribution in [0.2, 0.25) is 0 Å². The lowest BCUT2D eigenvalue weighted by atomic mass is 10.1. The Hall–Kier alpha value is -2.18. The third-order valence-electron chi connectivity index (χ3n) is 4.67. The van der Waals surface area contributed by atoms with Crippen molar-refractivity contribution in [2.45, 2.75) is 51.9 Å². The van der Waals surface area contributed by atoms with E-state index in [9.17, 15) is 4.79 Å². The van der Waals surface area contributed by atoms with Crippen molar-refractivity contribution in [3.05, 3.63) is 47.3 Å². The molecule has 1 aromatic heterocycles. The lowest BCUT2D eigenvalue weighted by Gasteiger charge is -2.18. The van der Waals surface area contributed by atoms with Gasteiger partial charge < -0.3 is 15.8 Å². The number of amides is 1. The van der Waals surface area contributed by atoms with E-state index in [4.69, 9.17) is 10.5 Å². The number of aromatic nitrogens is 2. The summed E-state index contributed by atoms with van der Waals surface area (Å²) in [7, 11) is 0. The Morgan fingerprint density at radius 1 is 1.36 bits per heavy atom. The number of hydrogen-bond donors (Lipinski definition) is 2. The second-order valence-electron chi connectivity index (χ2n) is 6.72. The molecule has 6 nitrogen and oxygen atoms in total. The molecule has 1 aromatic carbocycles. The van der Waals surface area contributed by atoms with Gasteiger partial charge in [0.2, 0.25) is 5.91 Å². The Labute approximate surface area is 148 Å². The highest BCUT2D eigenvalue weighted by Gasteiger charge is 2.30. The van der Waals surface area contributed by atoms with Crippen LogP contribution in [0.3, 0.4) is 0 Å². The second kappa shape index (κ2) is 7.37. The molecule has 1 unspecified atom stereocenters. The van der Waals surface area contributed by atoms with E-state index in [1.165, 1.54) is 0 Å². The molecule has 0 radical (unpaired) electrons. The van der Waals surface area contributed by atoms with Crippen molar-refractivity contribution in [1.82, 2.24) is 15.1 Å². The summed E-state index contributed by atoms with van der Waals surface area (Å²) in [4.78, 5) is 12.3. The predicted molar refractivity (Wildman–Crippen MR) is 96.5 cm³/mol. The highest BCUT2D eigenvalue weighted by Crippen LogP contribution is 2.21. The van der Waals surface area contributed by atoms with E-state index in [-0.39, 0.29) is 24.2 Å². The predicted octanol–water partition coefficient (Wildman–Crippen LogP) is 2.17. The zero-order valence-electron chi connectivity index (χ0n) is 15.0. The number of ether oxygens (including phenoxy) is 1. The first-order chi connectivity index (χ1) is 12.0. The molecule has 1 amide bonds. The smallest absolute Gasteiger partial charge is 0.249 e. The molecule has 2 heterocycles. The van der Waals surface area contributed by atoms with Crippen LogP contribution in [0.25, 0.3) is 5.69 Å². The van der Waals surface area contributed by atoms with Gasteiger partial charge in [-0.1, -0.05) is 12.1 Å². The van der Waals surface area contributed by atoms with Crippen LogP contribution in [0.4, 0.5) is 0 Å². The summed E-state index contributed by atoms with van der Waals surface area (Å²) in [5.74, 6) is -0.0638. The van der Waals surface area contributed by atoms with Gasteiger partial charge in [0.25, 0.3) is 0 Å². The van der Waals surface area contributed by atoms with E-state index in [1.54, 1.807) is 0 Å². The van der Waals surface area contributed by atoms with Crippen molar-refractivity contribution >= 4 is 5.91 Å². The van der Waals surface area contributed by atoms with Crippen LogP contribution < -0.4 is 11.1 Å². The molecule has 6 heteroatoms. The molecular weight excluding hydrogens is 316 g/mol. The van der Waals surface area contributed by atoms with E-state index in [2.05, 4.69) is 10.4 Å². The van der Waals surface area contributed by atoms with Gasteiger partial charge in [0.15, 0.2) is 0 Å². The Kier molecular flexibility index (Phi) is 5.20. The number of nitrogens with one attached hydrogen (secondary N) is 1. The summed E-state index contributed by atoms with van der Waals surface area (Å²) in [5, 5.41) is 7.52. The quantitative estimate of drug-likeness (QED) is 0.872. The van der Waals surface area contributed by atoms with Crippen LogP contribution >= 0.6 is 0 Å². The summed E-state index contributed by atoms with van der Waals surface area (Å²) in [6.07, 6.45) is 1.20. The van der Waals surface area contributed by atoms with Gasteiger partial charge >= 0.3 is 0 Å². The maximum Gasteiger partial charge on any atom is 0.249 e. The van der Waals surface area contributed by atoms with Gasteiger partial charge in [-0.3, -0.25) is 4.79 Å². The third-order valence-corrected chi connectivity index (χ3v) is 4.67. The highest BCUT2D eigenvalue weighted by molar-refractivity contribution is 5.81. The molecule has 134 valence electrons. The summed E-state index contributed by atoms with van der Waals surface area (Å²) in [6, 6.07) is 10.1. The summed E-state index contributed by atoms with van der Waals surface area (Å²) in [5.41, 5.74) is 9.75. The van der Waals surface area contributed by atoms with Gasteiger partial charge in [-0.2, -0.15) is 5.10 Å². The first-order valence-corrected chi connectivity index (χ1v) is 8.77. The normalized spacial score (nSPS) is 21.3. The average molecular weight is 342 g/mol. The van der Waals surface area contributed by atoms with E-state index in [0.29, 0.717) is 6.54 Å². The maximum atomic E-state index is 12.3. The lowest BCUT2D eigenvalue weighted by molar-refractivity contribution is -0.132. The van der Waals surface area contributed by atoms with Crippen molar-refractivity contribution in [2.75, 3.05) is 6.54 Å². The molecule has 2 aromatic rings. The average Bonchev–Trinajstić information content (AvgIpc) is 3.21. The SMILES string of the molecule is Cc1cc(C)n(-c2ccc(C(C)NC(=O)[C@@H]3CC[C@H](CN)O3)cc2)n1. The van der Waals surface area contributed by atoms with Crippen molar-refractivity contribution in [2.24, 2.45) is 5.73 Å². The van der Waals surface area contributed by atoms with Crippen molar-refractivity contribution < 1.29 is 9.53 Å². The molecule has 0 bridgehead atoms. The molecule has 1 aliphatic rings. The zero-order valence-corrected chi connectivity index (χ0v) is 15.0. The third kappa shape index (κ3) is 3.91. The Morgan fingerprint density at radius 3 is 2.64 bits per heavy atom. The number of carbonyl (C=O) groups is 1. The molecule has 0 spiro atoms. The monoisotopic (exact) mass is 342 g/mol. The highest BCUT2D eigenvalue weighted by atomic mass is 16.5. The topological polar surface area (TPSA) is 82.2 Å². The van der Waals surface area contributed by atoms with Gasteiger partial charge in [0.05, 0.1) is 23.5 Å². The van der Waals surface area contributed by atoms with E-state index in [0.717, 1.165) is 35.5 Å². The largest absolute Gasteiger partial charge is 0.364 e. The van der Waals surface area contributed by atoms with Crippen molar-refractivity contribution in [3.8, 4) is 5.69 Å². The van der Waals surface area contributed by atoms with Crippen LogP contribution in [-0.2, 0) is 9.53 Å². The molecule has 3 N–H and O–H groups in total. The van der Waals surface area contributed by atoms with Crippen molar-refractivity contribution in [1.29, 1.82) is 0 Å². The molecule has 0 saturated carbocycles. The Morgan fingerprint density at radius 2 is 2.08 bits per heavy atom. The lowest BCUT2D eigenvalue weighted by Crippen LogP contribution is -2.37. The summed E-state index contributed by atoms with van der Waals surface area (Å²) < 4.78 is 7.57. The van der Waals surface area contributed by atoms with Crippen LogP contribution in [0.5, 0.6) is 0 Å². The number of rotatable bonds is 5.